The summed E-state index contributed by atoms with van der Waals surface area (Å²) in [6, 6.07) is 8.08. The average Bonchev–Trinajstić information content (AvgIpc) is 2.43. The van der Waals surface area contributed by atoms with Crippen LogP contribution in [0.1, 0.15) is 18.4 Å². The molecule has 1 saturated heterocycles. The summed E-state index contributed by atoms with van der Waals surface area (Å²) < 4.78 is 0. The molecule has 104 valence electrons. The van der Waals surface area contributed by atoms with Crippen LogP contribution < -0.4 is 0 Å². The lowest BCUT2D eigenvalue weighted by Crippen LogP contribution is -2.37. The Morgan fingerprint density at radius 3 is 2.53 bits per heavy atom. The summed E-state index contributed by atoms with van der Waals surface area (Å²) in [5.41, 5.74) is 1.31. The van der Waals surface area contributed by atoms with Crippen LogP contribution in [0.3, 0.4) is 0 Å². The van der Waals surface area contributed by atoms with E-state index in [-0.39, 0.29) is 0 Å². The van der Waals surface area contributed by atoms with Crippen LogP contribution in [0.4, 0.5) is 0 Å². The number of carbonyl (C=O) groups is 1. The zero-order chi connectivity index (χ0) is 13.7. The number of amides is 1. The molecule has 0 radical (unpaired) electrons. The van der Waals surface area contributed by atoms with Crippen LogP contribution in [0.15, 0.2) is 24.3 Å². The molecule has 0 N–H and O–H groups in total. The normalized spacial score (nSPS) is 17.4. The Morgan fingerprint density at radius 2 is 1.95 bits per heavy atom. The quantitative estimate of drug-likeness (QED) is 0.774. The number of likely N-dealkylation sites (tertiary alicyclic amines) is 1. The van der Waals surface area contributed by atoms with E-state index in [1.165, 1.54) is 18.4 Å². The van der Waals surface area contributed by atoms with Gasteiger partial charge in [-0.3, -0.25) is 9.69 Å². The van der Waals surface area contributed by atoms with Crippen LogP contribution >= 0.6 is 11.6 Å². The lowest BCUT2D eigenvalue weighted by molar-refractivity contribution is -0.117. The number of hydrogen-bond donors (Lipinski definition) is 0. The van der Waals surface area contributed by atoms with Gasteiger partial charge in [-0.05, 0) is 49.5 Å². The van der Waals surface area contributed by atoms with Crippen LogP contribution in [0.2, 0.25) is 5.02 Å². The Bertz CT molecular complexity index is 399. The Morgan fingerprint density at radius 1 is 1.32 bits per heavy atom. The fourth-order valence-electron chi connectivity index (χ4n) is 2.63. The first-order chi connectivity index (χ1) is 9.17. The largest absolute Gasteiger partial charge is 0.348 e. The summed E-state index contributed by atoms with van der Waals surface area (Å²) in [5.74, 6) is 0.650. The van der Waals surface area contributed by atoms with E-state index in [2.05, 4.69) is 17.0 Å². The molecule has 1 heterocycles. The number of nitrogens with zero attached hydrogens (tertiary/aromatic N) is 2. The lowest BCUT2D eigenvalue weighted by Gasteiger charge is -2.33. The zero-order valence-corrected chi connectivity index (χ0v) is 12.1. The summed E-state index contributed by atoms with van der Waals surface area (Å²) in [5, 5.41) is 0.791. The van der Waals surface area contributed by atoms with Crippen molar-refractivity contribution in [3.63, 3.8) is 0 Å². The molecular weight excluding hydrogens is 260 g/mol. The molecule has 1 aliphatic heterocycles. The first-order valence-corrected chi connectivity index (χ1v) is 7.17. The summed E-state index contributed by atoms with van der Waals surface area (Å²) in [6.07, 6.45) is 3.26. The van der Waals surface area contributed by atoms with Gasteiger partial charge in [0.25, 0.3) is 0 Å². The molecule has 1 fully saturated rings. The second kappa shape index (κ2) is 6.92. The zero-order valence-electron chi connectivity index (χ0n) is 11.4. The first-order valence-electron chi connectivity index (χ1n) is 6.79. The molecule has 0 aromatic heterocycles. The van der Waals surface area contributed by atoms with Gasteiger partial charge in [-0.2, -0.15) is 0 Å². The Balaban J connectivity index is 1.77. The van der Waals surface area contributed by atoms with E-state index in [1.54, 1.807) is 4.90 Å². The van der Waals surface area contributed by atoms with E-state index < -0.39 is 0 Å². The average molecular weight is 281 g/mol. The van der Waals surface area contributed by atoms with Gasteiger partial charge >= 0.3 is 0 Å². The van der Waals surface area contributed by atoms with E-state index >= 15 is 0 Å². The van der Waals surface area contributed by atoms with E-state index in [9.17, 15) is 4.79 Å². The summed E-state index contributed by atoms with van der Waals surface area (Å²) in [4.78, 5) is 14.8. The molecule has 2 rings (SSSR count). The Kier molecular flexibility index (Phi) is 5.23. The molecular formula is C15H21ClN2O. The third-order valence-electron chi connectivity index (χ3n) is 3.75. The smallest absolute Gasteiger partial charge is 0.209 e. The van der Waals surface area contributed by atoms with Crippen LogP contribution in [0, 0.1) is 5.92 Å². The van der Waals surface area contributed by atoms with Crippen molar-refractivity contribution in [2.45, 2.75) is 19.4 Å². The van der Waals surface area contributed by atoms with Crippen molar-refractivity contribution in [2.75, 3.05) is 26.7 Å². The maximum Gasteiger partial charge on any atom is 0.209 e. The molecule has 19 heavy (non-hydrogen) atoms. The predicted octanol–water partition coefficient (Wildman–Crippen LogP) is 2.64. The number of piperidine rings is 1. The predicted molar refractivity (Wildman–Crippen MR) is 78.1 cm³/mol. The van der Waals surface area contributed by atoms with Crippen LogP contribution in [-0.2, 0) is 11.3 Å². The molecule has 0 aliphatic carbocycles. The van der Waals surface area contributed by atoms with Crippen LogP contribution in [0.25, 0.3) is 0 Å². The third-order valence-corrected chi connectivity index (χ3v) is 4.00. The van der Waals surface area contributed by atoms with Gasteiger partial charge < -0.3 is 4.90 Å². The maximum absolute atomic E-state index is 10.6. The molecule has 0 bridgehead atoms. The van der Waals surface area contributed by atoms with E-state index in [0.717, 1.165) is 37.6 Å². The highest BCUT2D eigenvalue weighted by molar-refractivity contribution is 6.30. The van der Waals surface area contributed by atoms with E-state index in [0.29, 0.717) is 5.92 Å². The van der Waals surface area contributed by atoms with Crippen LogP contribution in [-0.4, -0.2) is 42.9 Å². The van der Waals surface area contributed by atoms with Gasteiger partial charge in [0.2, 0.25) is 6.41 Å². The monoisotopic (exact) mass is 280 g/mol. The van der Waals surface area contributed by atoms with Crippen molar-refractivity contribution >= 4 is 18.0 Å². The maximum atomic E-state index is 10.6. The van der Waals surface area contributed by atoms with Crippen molar-refractivity contribution in [2.24, 2.45) is 5.92 Å². The van der Waals surface area contributed by atoms with Gasteiger partial charge in [0, 0.05) is 25.2 Å². The molecule has 0 saturated carbocycles. The fourth-order valence-corrected chi connectivity index (χ4v) is 2.75. The highest BCUT2D eigenvalue weighted by atomic mass is 35.5. The Labute approximate surface area is 120 Å². The van der Waals surface area contributed by atoms with Crippen molar-refractivity contribution in [3.8, 4) is 0 Å². The molecule has 1 aromatic rings. The topological polar surface area (TPSA) is 23.6 Å². The minimum absolute atomic E-state index is 0.650. The van der Waals surface area contributed by atoms with Crippen molar-refractivity contribution in [1.82, 2.24) is 9.80 Å². The number of benzene rings is 1. The van der Waals surface area contributed by atoms with Gasteiger partial charge in [0.05, 0.1) is 0 Å². The van der Waals surface area contributed by atoms with Crippen molar-refractivity contribution in [1.29, 1.82) is 0 Å². The fraction of sp³-hybridized carbons (Fsp3) is 0.533. The molecule has 1 aromatic carbocycles. The summed E-state index contributed by atoms with van der Waals surface area (Å²) in [6.45, 7) is 4.10. The summed E-state index contributed by atoms with van der Waals surface area (Å²) in [7, 11) is 1.85. The standard InChI is InChI=1S/C15H21ClN2O/c1-17(12-19)10-14-6-8-18(9-7-14)11-13-2-4-15(16)5-3-13/h2-5,12,14H,6-11H2,1H3. The molecule has 0 unspecified atom stereocenters. The lowest BCUT2D eigenvalue weighted by atomic mass is 9.96. The second-order valence-corrected chi connectivity index (χ2v) is 5.83. The highest BCUT2D eigenvalue weighted by Gasteiger charge is 2.20. The van der Waals surface area contributed by atoms with Crippen molar-refractivity contribution < 1.29 is 4.79 Å². The number of rotatable bonds is 5. The minimum atomic E-state index is 0.650. The van der Waals surface area contributed by atoms with Gasteiger partial charge in [-0.15, -0.1) is 0 Å². The van der Waals surface area contributed by atoms with Crippen molar-refractivity contribution in [3.05, 3.63) is 34.9 Å². The Hall–Kier alpha value is -1.06. The number of carbonyl (C=O) groups excluding carboxylic acids is 1. The molecule has 0 spiro atoms. The first kappa shape index (κ1) is 14.4. The SMILES string of the molecule is CN(C=O)CC1CCN(Cc2ccc(Cl)cc2)CC1. The number of hydrogen-bond acceptors (Lipinski definition) is 2. The third kappa shape index (κ3) is 4.51. The number of halogens is 1. The molecule has 0 atom stereocenters. The van der Waals surface area contributed by atoms with E-state index in [4.69, 9.17) is 11.6 Å². The highest BCUT2D eigenvalue weighted by Crippen LogP contribution is 2.20. The summed E-state index contributed by atoms with van der Waals surface area (Å²) >= 11 is 5.89. The molecule has 1 amide bonds. The van der Waals surface area contributed by atoms with Gasteiger partial charge in [-0.1, -0.05) is 23.7 Å². The van der Waals surface area contributed by atoms with Gasteiger partial charge in [-0.25, -0.2) is 0 Å². The van der Waals surface area contributed by atoms with Crippen LogP contribution in [0.5, 0.6) is 0 Å². The van der Waals surface area contributed by atoms with Gasteiger partial charge in [0.15, 0.2) is 0 Å². The molecule has 4 heteroatoms. The minimum Gasteiger partial charge on any atom is -0.348 e. The second-order valence-electron chi connectivity index (χ2n) is 5.39. The van der Waals surface area contributed by atoms with Gasteiger partial charge in [0.1, 0.15) is 0 Å². The molecule has 3 nitrogen and oxygen atoms in total. The van der Waals surface area contributed by atoms with E-state index in [1.807, 2.05) is 19.2 Å². The molecule has 1 aliphatic rings.